The molecule has 12 heteroatoms. The van der Waals surface area contributed by atoms with Crippen LogP contribution in [0.1, 0.15) is 81.1 Å². The Bertz CT molecular complexity index is 1120. The number of ketones is 1. The lowest BCUT2D eigenvalue weighted by Gasteiger charge is -2.47. The standard InChI is InChI=1S/C34H59N3O9/c1-13-23-34(8)26(25(30(35)36-9)32(41)46-34)19(4)27(38)17(2)16-33(7,42-12)29(20(5)28(39)21(6)31(40)44-23)45-24-15-22(37(10)11)14-18(3)43-24/h17-26,28-29,39H,13-16H2,1-12H3,(H2,35,36)/t17-,18-,19-,20+,21-,22+,23+,24?,25-,26+,28-,29-,33-,34+/m1/s1. The van der Waals surface area contributed by atoms with Gasteiger partial charge in [0.1, 0.15) is 23.6 Å². The molecule has 0 spiro atoms. The summed E-state index contributed by atoms with van der Waals surface area (Å²) in [6.45, 7) is 14.4. The minimum Gasteiger partial charge on any atom is -0.458 e. The Morgan fingerprint density at radius 2 is 1.70 bits per heavy atom. The molecular formula is C34H59N3O9. The third-order valence-electron chi connectivity index (χ3n) is 11.1. The van der Waals surface area contributed by atoms with Crippen molar-refractivity contribution in [2.75, 3.05) is 28.3 Å². The highest BCUT2D eigenvalue weighted by Gasteiger charge is 2.62. The largest absolute Gasteiger partial charge is 0.458 e. The Hall–Kier alpha value is -2.12. The van der Waals surface area contributed by atoms with Crippen LogP contribution in [0.2, 0.25) is 0 Å². The van der Waals surface area contributed by atoms with Gasteiger partial charge in [-0.1, -0.05) is 27.7 Å². The van der Waals surface area contributed by atoms with Crippen molar-refractivity contribution >= 4 is 23.6 Å². The number of esters is 2. The summed E-state index contributed by atoms with van der Waals surface area (Å²) in [6, 6.07) is 0.220. The molecule has 3 fully saturated rings. The first-order valence-corrected chi connectivity index (χ1v) is 16.8. The van der Waals surface area contributed by atoms with Crippen LogP contribution in [-0.2, 0) is 38.1 Å². The molecular weight excluding hydrogens is 594 g/mol. The number of carbonyl (C=O) groups is 3. The Balaban J connectivity index is 2.13. The fourth-order valence-electron chi connectivity index (χ4n) is 8.19. The topological polar surface area (TPSA) is 157 Å². The van der Waals surface area contributed by atoms with Crippen LogP contribution < -0.4 is 5.32 Å². The van der Waals surface area contributed by atoms with Crippen LogP contribution in [0.5, 0.6) is 0 Å². The van der Waals surface area contributed by atoms with Gasteiger partial charge in [-0.2, -0.15) is 0 Å². The fourth-order valence-corrected chi connectivity index (χ4v) is 8.19. The molecule has 14 atom stereocenters. The molecule has 0 saturated carbocycles. The summed E-state index contributed by atoms with van der Waals surface area (Å²) in [5.74, 6) is -6.28. The first kappa shape index (κ1) is 38.3. The zero-order valence-electron chi connectivity index (χ0n) is 29.9. The third-order valence-corrected chi connectivity index (χ3v) is 11.1. The molecule has 0 aromatic heterocycles. The van der Waals surface area contributed by atoms with Crippen molar-refractivity contribution < 1.29 is 43.2 Å². The quantitative estimate of drug-likeness (QED) is 0.220. The molecule has 0 aromatic carbocycles. The molecule has 46 heavy (non-hydrogen) atoms. The molecule has 3 saturated heterocycles. The summed E-state index contributed by atoms with van der Waals surface area (Å²) in [5.41, 5.74) is -2.48. The van der Waals surface area contributed by atoms with E-state index in [9.17, 15) is 19.5 Å². The highest BCUT2D eigenvalue weighted by molar-refractivity contribution is 6.02. The zero-order chi connectivity index (χ0) is 34.9. The molecule has 0 amide bonds. The molecule has 3 aliphatic heterocycles. The summed E-state index contributed by atoms with van der Waals surface area (Å²) < 4.78 is 31.2. The lowest BCUT2D eigenvalue weighted by molar-refractivity contribution is -0.271. The minimum absolute atomic E-state index is 0.0603. The SMILES string of the molecule is CC[C@@H]1OC(=O)[C@H](C)[C@H](O)[C@H](C)[C@@H](OC2C[C@@H](N(C)C)C[C@@H](C)O2)[C@](C)(OC)C[C@@H](C)C(=O)[C@H](C)[C@H]2[C@H](C(=N)NC)C(=O)O[C@]21C. The van der Waals surface area contributed by atoms with E-state index in [4.69, 9.17) is 29.1 Å². The fraction of sp³-hybridized carbons (Fsp3) is 0.882. The first-order valence-electron chi connectivity index (χ1n) is 16.8. The van der Waals surface area contributed by atoms with Gasteiger partial charge in [-0.05, 0) is 61.1 Å². The average molecular weight is 654 g/mol. The van der Waals surface area contributed by atoms with Gasteiger partial charge in [0.15, 0.2) is 11.9 Å². The van der Waals surface area contributed by atoms with Crippen LogP contribution in [0.3, 0.4) is 0 Å². The van der Waals surface area contributed by atoms with Crippen LogP contribution in [0.4, 0.5) is 0 Å². The summed E-state index contributed by atoms with van der Waals surface area (Å²) in [6.07, 6.45) is -1.59. The molecule has 0 radical (unpaired) electrons. The van der Waals surface area contributed by atoms with Gasteiger partial charge >= 0.3 is 11.9 Å². The maximum atomic E-state index is 14.3. The predicted octanol–water partition coefficient (Wildman–Crippen LogP) is 3.18. The molecule has 3 heterocycles. The number of nitrogens with one attached hydrogen (secondary N) is 2. The van der Waals surface area contributed by atoms with E-state index in [1.807, 2.05) is 48.7 Å². The maximum absolute atomic E-state index is 14.3. The number of carbonyl (C=O) groups excluding carboxylic acids is 3. The van der Waals surface area contributed by atoms with Gasteiger partial charge in [-0.25, -0.2) is 0 Å². The third kappa shape index (κ3) is 7.46. The lowest BCUT2D eigenvalue weighted by atomic mass is 9.67. The number of ether oxygens (including phenoxy) is 5. The van der Waals surface area contributed by atoms with E-state index < -0.39 is 83.3 Å². The number of nitrogens with zero attached hydrogens (tertiary/aromatic N) is 1. The number of cyclic esters (lactones) is 1. The number of methoxy groups -OCH3 is 1. The number of hydrogen-bond donors (Lipinski definition) is 3. The van der Waals surface area contributed by atoms with Gasteiger partial charge in [0.2, 0.25) is 0 Å². The van der Waals surface area contributed by atoms with Crippen molar-refractivity contribution in [1.29, 1.82) is 5.41 Å². The van der Waals surface area contributed by atoms with E-state index in [-0.39, 0.29) is 36.6 Å². The Morgan fingerprint density at radius 1 is 1.07 bits per heavy atom. The van der Waals surface area contributed by atoms with Gasteiger partial charge in [-0.3, -0.25) is 19.8 Å². The summed E-state index contributed by atoms with van der Waals surface area (Å²) in [5, 5.41) is 23.1. The molecule has 3 aliphatic rings. The van der Waals surface area contributed by atoms with Gasteiger partial charge in [0, 0.05) is 50.3 Å². The highest BCUT2D eigenvalue weighted by atomic mass is 16.7. The van der Waals surface area contributed by atoms with Crippen LogP contribution in [0.15, 0.2) is 0 Å². The molecule has 264 valence electrons. The minimum atomic E-state index is -1.39. The molecule has 0 aromatic rings. The number of aliphatic hydroxyl groups is 1. The van der Waals surface area contributed by atoms with Crippen molar-refractivity contribution in [3.63, 3.8) is 0 Å². The Labute approximate surface area is 275 Å². The molecule has 3 rings (SSSR count). The summed E-state index contributed by atoms with van der Waals surface area (Å²) >= 11 is 0. The van der Waals surface area contributed by atoms with Crippen LogP contribution >= 0.6 is 0 Å². The predicted molar refractivity (Wildman–Crippen MR) is 172 cm³/mol. The van der Waals surface area contributed by atoms with Crippen LogP contribution in [0.25, 0.3) is 0 Å². The second-order valence-electron chi connectivity index (χ2n) is 14.6. The van der Waals surface area contributed by atoms with Crippen molar-refractivity contribution in [2.45, 2.75) is 129 Å². The second kappa shape index (κ2) is 15.0. The number of Topliss-reactive ketones (excluding diaryl/α,β-unsaturated/α-hetero) is 1. The van der Waals surface area contributed by atoms with E-state index in [2.05, 4.69) is 10.2 Å². The Kier molecular flexibility index (Phi) is 12.5. The van der Waals surface area contributed by atoms with Gasteiger partial charge < -0.3 is 39.0 Å². The van der Waals surface area contributed by atoms with Gasteiger partial charge in [0.05, 0.1) is 29.8 Å². The zero-order valence-corrected chi connectivity index (χ0v) is 29.9. The molecule has 1 unspecified atom stereocenters. The normalized spacial score (nSPS) is 44.6. The van der Waals surface area contributed by atoms with Crippen LogP contribution in [0, 0.1) is 40.9 Å². The van der Waals surface area contributed by atoms with Crippen molar-refractivity contribution in [2.24, 2.45) is 35.5 Å². The maximum Gasteiger partial charge on any atom is 0.317 e. The molecule has 3 N–H and O–H groups in total. The van der Waals surface area contributed by atoms with Crippen molar-refractivity contribution in [3.8, 4) is 0 Å². The van der Waals surface area contributed by atoms with Gasteiger partial charge in [-0.15, -0.1) is 0 Å². The van der Waals surface area contributed by atoms with E-state index in [0.717, 1.165) is 6.42 Å². The summed E-state index contributed by atoms with van der Waals surface area (Å²) in [7, 11) is 7.15. The second-order valence-corrected chi connectivity index (χ2v) is 14.6. The number of fused-ring (bicyclic) bond motifs is 1. The van der Waals surface area contributed by atoms with E-state index in [0.29, 0.717) is 6.42 Å². The number of amidine groups is 1. The van der Waals surface area contributed by atoms with E-state index >= 15 is 0 Å². The van der Waals surface area contributed by atoms with E-state index in [1.165, 1.54) is 0 Å². The average Bonchev–Trinajstić information content (AvgIpc) is 3.29. The summed E-state index contributed by atoms with van der Waals surface area (Å²) in [4.78, 5) is 43.6. The van der Waals surface area contributed by atoms with Crippen molar-refractivity contribution in [1.82, 2.24) is 10.2 Å². The number of rotatable bonds is 6. The molecule has 12 nitrogen and oxygen atoms in total. The first-order chi connectivity index (χ1) is 21.4. The molecule has 0 aliphatic carbocycles. The van der Waals surface area contributed by atoms with Gasteiger partial charge in [0.25, 0.3) is 0 Å². The monoisotopic (exact) mass is 653 g/mol. The van der Waals surface area contributed by atoms with Crippen LogP contribution in [-0.4, -0.2) is 110 Å². The lowest BCUT2D eigenvalue weighted by Crippen LogP contribution is -2.57. The number of hydrogen-bond acceptors (Lipinski definition) is 11. The number of aliphatic hydroxyl groups excluding tert-OH is 1. The smallest absolute Gasteiger partial charge is 0.317 e. The Morgan fingerprint density at radius 3 is 2.24 bits per heavy atom. The highest BCUT2D eigenvalue weighted by Crippen LogP contribution is 2.48. The van der Waals surface area contributed by atoms with Crippen molar-refractivity contribution in [3.05, 3.63) is 0 Å². The molecule has 0 bridgehead atoms. The van der Waals surface area contributed by atoms with E-state index in [1.54, 1.807) is 34.9 Å².